The standard InChI is InChI=1S/C11H16N4S/c1-4-15(7(2)3)9-8-5-6-16-10(8)14-11(12)13-9/h5-7H,4H2,1-3H3,(H2,12,13,14). The Labute approximate surface area is 99.1 Å². The van der Waals surface area contributed by atoms with Crippen molar-refractivity contribution in [1.82, 2.24) is 9.97 Å². The van der Waals surface area contributed by atoms with Crippen LogP contribution in [0, 0.1) is 0 Å². The lowest BCUT2D eigenvalue weighted by Crippen LogP contribution is -2.31. The zero-order chi connectivity index (χ0) is 11.7. The number of nitrogens with zero attached hydrogens (tertiary/aromatic N) is 3. The minimum Gasteiger partial charge on any atom is -0.368 e. The van der Waals surface area contributed by atoms with Crippen molar-refractivity contribution in [1.29, 1.82) is 0 Å². The van der Waals surface area contributed by atoms with Gasteiger partial charge in [0.1, 0.15) is 10.6 Å². The molecular weight excluding hydrogens is 220 g/mol. The van der Waals surface area contributed by atoms with Crippen LogP contribution in [0.4, 0.5) is 11.8 Å². The van der Waals surface area contributed by atoms with Crippen molar-refractivity contribution < 1.29 is 0 Å². The molecular formula is C11H16N4S. The van der Waals surface area contributed by atoms with Crippen molar-refractivity contribution in [2.75, 3.05) is 17.2 Å². The van der Waals surface area contributed by atoms with E-state index in [1.807, 2.05) is 5.38 Å². The lowest BCUT2D eigenvalue weighted by atomic mass is 10.2. The van der Waals surface area contributed by atoms with Crippen molar-refractivity contribution in [3.05, 3.63) is 11.4 Å². The topological polar surface area (TPSA) is 55.0 Å². The molecule has 86 valence electrons. The van der Waals surface area contributed by atoms with E-state index in [2.05, 4.69) is 41.7 Å². The van der Waals surface area contributed by atoms with E-state index in [4.69, 9.17) is 5.73 Å². The largest absolute Gasteiger partial charge is 0.368 e. The Morgan fingerprint density at radius 2 is 2.19 bits per heavy atom. The minimum absolute atomic E-state index is 0.351. The normalized spacial score (nSPS) is 11.2. The van der Waals surface area contributed by atoms with Crippen LogP contribution in [-0.4, -0.2) is 22.6 Å². The third-order valence-electron chi connectivity index (χ3n) is 2.56. The molecule has 0 fully saturated rings. The van der Waals surface area contributed by atoms with Gasteiger partial charge in [-0.25, -0.2) is 4.98 Å². The second kappa shape index (κ2) is 4.25. The van der Waals surface area contributed by atoms with Crippen molar-refractivity contribution in [2.24, 2.45) is 0 Å². The number of nitrogens with two attached hydrogens (primary N) is 1. The van der Waals surface area contributed by atoms with E-state index in [9.17, 15) is 0 Å². The number of aromatic nitrogens is 2. The molecule has 0 unspecified atom stereocenters. The number of hydrogen-bond acceptors (Lipinski definition) is 5. The summed E-state index contributed by atoms with van der Waals surface area (Å²) >= 11 is 1.60. The summed E-state index contributed by atoms with van der Waals surface area (Å²) in [6, 6.07) is 2.46. The maximum Gasteiger partial charge on any atom is 0.223 e. The molecule has 0 radical (unpaired) electrons. The van der Waals surface area contributed by atoms with Crippen molar-refractivity contribution >= 4 is 33.3 Å². The van der Waals surface area contributed by atoms with E-state index in [1.54, 1.807) is 11.3 Å². The van der Waals surface area contributed by atoms with E-state index < -0.39 is 0 Å². The summed E-state index contributed by atoms with van der Waals surface area (Å²) in [7, 11) is 0. The van der Waals surface area contributed by atoms with Crippen LogP contribution in [0.3, 0.4) is 0 Å². The molecule has 2 rings (SSSR count). The highest BCUT2D eigenvalue weighted by atomic mass is 32.1. The molecule has 0 saturated carbocycles. The second-order valence-corrected chi connectivity index (χ2v) is 4.82. The van der Waals surface area contributed by atoms with E-state index >= 15 is 0 Å². The third kappa shape index (κ3) is 1.82. The first-order chi connectivity index (χ1) is 7.63. The maximum atomic E-state index is 5.73. The van der Waals surface area contributed by atoms with Gasteiger partial charge in [0, 0.05) is 12.6 Å². The summed E-state index contributed by atoms with van der Waals surface area (Å²) in [5.74, 6) is 1.30. The van der Waals surface area contributed by atoms with Gasteiger partial charge in [0.05, 0.1) is 5.39 Å². The zero-order valence-electron chi connectivity index (χ0n) is 9.77. The molecule has 2 aromatic rings. The molecule has 0 aliphatic rings. The summed E-state index contributed by atoms with van der Waals surface area (Å²) in [6.45, 7) is 7.34. The summed E-state index contributed by atoms with van der Waals surface area (Å²) in [4.78, 5) is 11.8. The Morgan fingerprint density at radius 3 is 2.81 bits per heavy atom. The molecule has 0 saturated heterocycles. The van der Waals surface area contributed by atoms with Crippen molar-refractivity contribution in [3.8, 4) is 0 Å². The quantitative estimate of drug-likeness (QED) is 0.889. The van der Waals surface area contributed by atoms with Gasteiger partial charge in [0.2, 0.25) is 5.95 Å². The number of hydrogen-bond donors (Lipinski definition) is 1. The van der Waals surface area contributed by atoms with Gasteiger partial charge in [-0.05, 0) is 32.2 Å². The van der Waals surface area contributed by atoms with Gasteiger partial charge >= 0.3 is 0 Å². The predicted molar refractivity (Wildman–Crippen MR) is 70.0 cm³/mol. The van der Waals surface area contributed by atoms with E-state index in [-0.39, 0.29) is 0 Å². The fourth-order valence-electron chi connectivity index (χ4n) is 1.83. The first-order valence-corrected chi connectivity index (χ1v) is 6.28. The highest BCUT2D eigenvalue weighted by Crippen LogP contribution is 2.29. The molecule has 16 heavy (non-hydrogen) atoms. The highest BCUT2D eigenvalue weighted by Gasteiger charge is 2.15. The van der Waals surface area contributed by atoms with Gasteiger partial charge in [-0.2, -0.15) is 4.98 Å². The Bertz CT molecular complexity index is 492. The lowest BCUT2D eigenvalue weighted by Gasteiger charge is -2.26. The van der Waals surface area contributed by atoms with Gasteiger partial charge in [-0.3, -0.25) is 0 Å². The fourth-order valence-corrected chi connectivity index (χ4v) is 2.60. The highest BCUT2D eigenvalue weighted by molar-refractivity contribution is 7.16. The summed E-state index contributed by atoms with van der Waals surface area (Å²) in [6.07, 6.45) is 0. The predicted octanol–water partition coefficient (Wildman–Crippen LogP) is 2.51. The molecule has 0 bridgehead atoms. The molecule has 2 N–H and O–H groups in total. The van der Waals surface area contributed by atoms with Crippen LogP contribution in [0.25, 0.3) is 10.2 Å². The third-order valence-corrected chi connectivity index (χ3v) is 3.36. The van der Waals surface area contributed by atoms with E-state index in [0.29, 0.717) is 12.0 Å². The summed E-state index contributed by atoms with van der Waals surface area (Å²) in [5, 5.41) is 3.12. The Morgan fingerprint density at radius 1 is 1.44 bits per heavy atom. The van der Waals surface area contributed by atoms with Gasteiger partial charge < -0.3 is 10.6 Å². The minimum atomic E-state index is 0.351. The molecule has 2 aromatic heterocycles. The van der Waals surface area contributed by atoms with Crippen LogP contribution in [0.2, 0.25) is 0 Å². The summed E-state index contributed by atoms with van der Waals surface area (Å²) < 4.78 is 0. The SMILES string of the molecule is CCN(c1nc(N)nc2sccc12)C(C)C. The van der Waals surface area contributed by atoms with Crippen LogP contribution < -0.4 is 10.6 Å². The van der Waals surface area contributed by atoms with Crippen LogP contribution in [0.1, 0.15) is 20.8 Å². The first-order valence-electron chi connectivity index (χ1n) is 5.40. The Balaban J connectivity index is 2.61. The second-order valence-electron chi connectivity index (χ2n) is 3.92. The molecule has 0 aliphatic carbocycles. The molecule has 5 heteroatoms. The van der Waals surface area contributed by atoms with Crippen LogP contribution in [0.15, 0.2) is 11.4 Å². The van der Waals surface area contributed by atoms with Crippen molar-refractivity contribution in [2.45, 2.75) is 26.8 Å². The Kier molecular flexibility index (Phi) is 2.96. The average molecular weight is 236 g/mol. The zero-order valence-corrected chi connectivity index (χ0v) is 10.6. The van der Waals surface area contributed by atoms with E-state index in [1.165, 1.54) is 0 Å². The van der Waals surface area contributed by atoms with Gasteiger partial charge in [0.15, 0.2) is 0 Å². The number of fused-ring (bicyclic) bond motifs is 1. The van der Waals surface area contributed by atoms with E-state index in [0.717, 1.165) is 22.6 Å². The maximum absolute atomic E-state index is 5.73. The fraction of sp³-hybridized carbons (Fsp3) is 0.455. The Hall–Kier alpha value is -1.36. The smallest absolute Gasteiger partial charge is 0.223 e. The summed E-state index contributed by atoms with van der Waals surface area (Å²) in [5.41, 5.74) is 5.73. The molecule has 0 aromatic carbocycles. The van der Waals surface area contributed by atoms with Gasteiger partial charge in [-0.1, -0.05) is 0 Å². The number of rotatable bonds is 3. The van der Waals surface area contributed by atoms with Gasteiger partial charge in [-0.15, -0.1) is 11.3 Å². The van der Waals surface area contributed by atoms with Crippen LogP contribution in [0.5, 0.6) is 0 Å². The molecule has 4 nitrogen and oxygen atoms in total. The first kappa shape index (κ1) is 11.1. The number of nitrogen functional groups attached to an aromatic ring is 1. The molecule has 2 heterocycles. The number of thiophene rings is 1. The molecule has 0 spiro atoms. The molecule has 0 amide bonds. The number of anilines is 2. The van der Waals surface area contributed by atoms with Crippen LogP contribution in [-0.2, 0) is 0 Å². The van der Waals surface area contributed by atoms with Crippen LogP contribution >= 0.6 is 11.3 Å². The lowest BCUT2D eigenvalue weighted by molar-refractivity contribution is 0.696. The van der Waals surface area contributed by atoms with Crippen molar-refractivity contribution in [3.63, 3.8) is 0 Å². The molecule has 0 atom stereocenters. The monoisotopic (exact) mass is 236 g/mol. The van der Waals surface area contributed by atoms with Gasteiger partial charge in [0.25, 0.3) is 0 Å². The average Bonchev–Trinajstić information content (AvgIpc) is 2.65. The molecule has 0 aliphatic heterocycles.